The summed E-state index contributed by atoms with van der Waals surface area (Å²) in [5.74, 6) is -0.162. The molecule has 1 aromatic heterocycles. The maximum Gasteiger partial charge on any atom is 0.267 e. The second kappa shape index (κ2) is 7.78. The molecule has 0 unspecified atom stereocenters. The number of likely N-dealkylation sites (N-methyl/N-ethyl adjacent to an activating group) is 1. The van der Waals surface area contributed by atoms with Gasteiger partial charge >= 0.3 is 0 Å². The zero-order valence-corrected chi connectivity index (χ0v) is 14.9. The Morgan fingerprint density at radius 1 is 1.00 bits per heavy atom. The number of aryl methyl sites for hydroxylation is 1. The van der Waals surface area contributed by atoms with Crippen LogP contribution in [0.3, 0.4) is 0 Å². The first kappa shape index (κ1) is 17.6. The van der Waals surface area contributed by atoms with E-state index in [4.69, 9.17) is 0 Å². The first-order valence-corrected chi connectivity index (χ1v) is 8.46. The maximum absolute atomic E-state index is 12.5. The van der Waals surface area contributed by atoms with Gasteiger partial charge < -0.3 is 4.90 Å². The van der Waals surface area contributed by atoms with E-state index in [0.29, 0.717) is 12.2 Å². The number of aromatic nitrogens is 2. The molecule has 0 aliphatic carbocycles. The number of nitrogens with zero attached hydrogens (tertiary/aromatic N) is 3. The van der Waals surface area contributed by atoms with Crippen LogP contribution in [0.15, 0.2) is 71.5 Å². The number of hydrogen-bond donors (Lipinski definition) is 0. The van der Waals surface area contributed by atoms with Crippen LogP contribution in [0.5, 0.6) is 0 Å². The van der Waals surface area contributed by atoms with Gasteiger partial charge in [0.15, 0.2) is 0 Å². The van der Waals surface area contributed by atoms with E-state index >= 15 is 0 Å². The van der Waals surface area contributed by atoms with Crippen LogP contribution in [0.25, 0.3) is 11.3 Å². The third-order valence-electron chi connectivity index (χ3n) is 4.19. The second-order valence-corrected chi connectivity index (χ2v) is 6.32. The molecule has 0 saturated carbocycles. The Labute approximate surface area is 152 Å². The average molecular weight is 347 g/mol. The van der Waals surface area contributed by atoms with Crippen molar-refractivity contribution >= 4 is 5.91 Å². The molecule has 0 fully saturated rings. The maximum atomic E-state index is 12.5. The molecule has 5 nitrogen and oxygen atoms in total. The number of carbonyl (C=O) groups excluding carboxylic acids is 1. The van der Waals surface area contributed by atoms with E-state index in [1.54, 1.807) is 18.0 Å². The molecule has 3 rings (SSSR count). The summed E-state index contributed by atoms with van der Waals surface area (Å²) in [4.78, 5) is 26.2. The van der Waals surface area contributed by atoms with Gasteiger partial charge in [0.25, 0.3) is 5.56 Å². The Kier molecular flexibility index (Phi) is 5.27. The Hall–Kier alpha value is -3.21. The molecule has 3 aromatic rings. The standard InChI is InChI=1S/C21H21N3O2/c1-16-8-10-18(11-9-16)19-12-13-20(25)24(22-19)15-21(26)23(2)14-17-6-4-3-5-7-17/h3-13H,14-15H2,1-2H3. The molecule has 5 heteroatoms. The van der Waals surface area contributed by atoms with Crippen LogP contribution in [-0.4, -0.2) is 27.6 Å². The fourth-order valence-electron chi connectivity index (χ4n) is 2.63. The fourth-order valence-corrected chi connectivity index (χ4v) is 2.63. The quantitative estimate of drug-likeness (QED) is 0.713. The molecule has 2 aromatic carbocycles. The number of amides is 1. The molecule has 0 radical (unpaired) electrons. The molecule has 0 bridgehead atoms. The molecule has 0 saturated heterocycles. The van der Waals surface area contributed by atoms with Crippen LogP contribution >= 0.6 is 0 Å². The van der Waals surface area contributed by atoms with Crippen molar-refractivity contribution in [3.8, 4) is 11.3 Å². The monoisotopic (exact) mass is 347 g/mol. The van der Waals surface area contributed by atoms with Gasteiger partial charge in [0.05, 0.1) is 5.69 Å². The topological polar surface area (TPSA) is 55.2 Å². The highest BCUT2D eigenvalue weighted by Crippen LogP contribution is 2.15. The predicted molar refractivity (Wildman–Crippen MR) is 102 cm³/mol. The van der Waals surface area contributed by atoms with Gasteiger partial charge in [-0.15, -0.1) is 0 Å². The molecule has 1 amide bonds. The lowest BCUT2D eigenvalue weighted by molar-refractivity contribution is -0.131. The zero-order valence-electron chi connectivity index (χ0n) is 14.9. The lowest BCUT2D eigenvalue weighted by atomic mass is 10.1. The van der Waals surface area contributed by atoms with Gasteiger partial charge in [-0.1, -0.05) is 60.2 Å². The summed E-state index contributed by atoms with van der Waals surface area (Å²) in [6.07, 6.45) is 0. The Morgan fingerprint density at radius 3 is 2.38 bits per heavy atom. The molecule has 0 atom stereocenters. The fraction of sp³-hybridized carbons (Fsp3) is 0.190. The molecule has 1 heterocycles. The molecule has 132 valence electrons. The van der Waals surface area contributed by atoms with Crippen LogP contribution in [0.4, 0.5) is 0 Å². The normalized spacial score (nSPS) is 10.5. The minimum Gasteiger partial charge on any atom is -0.340 e. The molecule has 0 spiro atoms. The number of hydrogen-bond acceptors (Lipinski definition) is 3. The lowest BCUT2D eigenvalue weighted by Gasteiger charge is -2.17. The SMILES string of the molecule is Cc1ccc(-c2ccc(=O)n(CC(=O)N(C)Cc3ccccc3)n2)cc1. The van der Waals surface area contributed by atoms with Crippen molar-refractivity contribution in [2.24, 2.45) is 0 Å². The molecular weight excluding hydrogens is 326 g/mol. The van der Waals surface area contributed by atoms with Crippen LogP contribution in [0, 0.1) is 6.92 Å². The minimum atomic E-state index is -0.290. The number of rotatable bonds is 5. The number of carbonyl (C=O) groups is 1. The first-order chi connectivity index (χ1) is 12.5. The molecule has 0 N–H and O–H groups in total. The Balaban J connectivity index is 1.76. The van der Waals surface area contributed by atoms with E-state index < -0.39 is 0 Å². The zero-order chi connectivity index (χ0) is 18.5. The van der Waals surface area contributed by atoms with Gasteiger partial charge in [-0.2, -0.15) is 5.10 Å². The summed E-state index contributed by atoms with van der Waals surface area (Å²) >= 11 is 0. The molecule has 0 aliphatic rings. The average Bonchev–Trinajstić information content (AvgIpc) is 2.65. The van der Waals surface area contributed by atoms with Crippen molar-refractivity contribution in [3.63, 3.8) is 0 Å². The van der Waals surface area contributed by atoms with Crippen LogP contribution < -0.4 is 5.56 Å². The van der Waals surface area contributed by atoms with Crippen molar-refractivity contribution in [3.05, 3.63) is 88.2 Å². The van der Waals surface area contributed by atoms with E-state index in [2.05, 4.69) is 5.10 Å². The summed E-state index contributed by atoms with van der Waals surface area (Å²) in [7, 11) is 1.73. The highest BCUT2D eigenvalue weighted by molar-refractivity contribution is 5.75. The summed E-state index contributed by atoms with van der Waals surface area (Å²) in [5.41, 5.74) is 3.48. The van der Waals surface area contributed by atoms with Crippen LogP contribution in [-0.2, 0) is 17.9 Å². The van der Waals surface area contributed by atoms with Crippen molar-refractivity contribution in [1.29, 1.82) is 0 Å². The van der Waals surface area contributed by atoms with E-state index in [-0.39, 0.29) is 18.0 Å². The first-order valence-electron chi connectivity index (χ1n) is 8.46. The summed E-state index contributed by atoms with van der Waals surface area (Å²) in [6.45, 7) is 2.42. The lowest BCUT2D eigenvalue weighted by Crippen LogP contribution is -2.34. The predicted octanol–water partition coefficient (Wildman–Crippen LogP) is 2.88. The third-order valence-corrected chi connectivity index (χ3v) is 4.19. The van der Waals surface area contributed by atoms with Gasteiger partial charge in [-0.05, 0) is 18.6 Å². The van der Waals surface area contributed by atoms with Gasteiger partial charge in [0, 0.05) is 25.2 Å². The van der Waals surface area contributed by atoms with Crippen LogP contribution in [0.2, 0.25) is 0 Å². The summed E-state index contributed by atoms with van der Waals surface area (Å²) in [6, 6.07) is 20.8. The van der Waals surface area contributed by atoms with Crippen molar-refractivity contribution in [2.45, 2.75) is 20.0 Å². The van der Waals surface area contributed by atoms with Gasteiger partial charge in [-0.25, -0.2) is 4.68 Å². The molecule has 0 aliphatic heterocycles. The van der Waals surface area contributed by atoms with Crippen LogP contribution in [0.1, 0.15) is 11.1 Å². The van der Waals surface area contributed by atoms with E-state index in [1.165, 1.54) is 10.7 Å². The largest absolute Gasteiger partial charge is 0.340 e. The second-order valence-electron chi connectivity index (χ2n) is 6.32. The molecular formula is C21H21N3O2. The summed E-state index contributed by atoms with van der Waals surface area (Å²) < 4.78 is 1.22. The van der Waals surface area contributed by atoms with E-state index in [0.717, 1.165) is 16.7 Å². The van der Waals surface area contributed by atoms with E-state index in [1.807, 2.05) is 61.5 Å². The smallest absolute Gasteiger partial charge is 0.267 e. The van der Waals surface area contributed by atoms with Crippen molar-refractivity contribution in [1.82, 2.24) is 14.7 Å². The third kappa shape index (κ3) is 4.25. The number of benzene rings is 2. The van der Waals surface area contributed by atoms with E-state index in [9.17, 15) is 9.59 Å². The summed E-state index contributed by atoms with van der Waals surface area (Å²) in [5, 5.41) is 4.36. The van der Waals surface area contributed by atoms with Gasteiger partial charge in [0.2, 0.25) is 5.91 Å². The van der Waals surface area contributed by atoms with Gasteiger partial charge in [-0.3, -0.25) is 9.59 Å². The highest BCUT2D eigenvalue weighted by Gasteiger charge is 2.12. The van der Waals surface area contributed by atoms with Gasteiger partial charge in [0.1, 0.15) is 6.54 Å². The molecule has 26 heavy (non-hydrogen) atoms. The minimum absolute atomic E-state index is 0.0815. The highest BCUT2D eigenvalue weighted by atomic mass is 16.2. The van der Waals surface area contributed by atoms with Crippen molar-refractivity contribution in [2.75, 3.05) is 7.05 Å². The Bertz CT molecular complexity index is 947. The Morgan fingerprint density at radius 2 is 1.69 bits per heavy atom. The van der Waals surface area contributed by atoms with Crippen molar-refractivity contribution < 1.29 is 4.79 Å².